The second-order valence-corrected chi connectivity index (χ2v) is 7.37. The Kier molecular flexibility index (Phi) is 4.87. The molecule has 0 radical (unpaired) electrons. The molecule has 0 aromatic heterocycles. The molecule has 0 saturated carbocycles. The van der Waals surface area contributed by atoms with Crippen molar-refractivity contribution in [3.63, 3.8) is 0 Å². The quantitative estimate of drug-likeness (QED) is 0.515. The van der Waals surface area contributed by atoms with Crippen molar-refractivity contribution in [3.05, 3.63) is 58.1 Å². The summed E-state index contributed by atoms with van der Waals surface area (Å²) in [7, 11) is 0. The molecule has 1 fully saturated rings. The summed E-state index contributed by atoms with van der Waals surface area (Å²) in [6.07, 6.45) is -1.60. The number of carbonyl (C=O) groups excluding carboxylic acids is 2. The first-order valence-corrected chi connectivity index (χ1v) is 9.26. The fraction of sp³-hybridized carbons (Fsp3) is 0.333. The molecular weight excluding hydrogens is 378 g/mol. The second-order valence-electron chi connectivity index (χ2n) is 7.37. The summed E-state index contributed by atoms with van der Waals surface area (Å²) >= 11 is 0. The maximum atomic E-state index is 12.9. The average Bonchev–Trinajstić information content (AvgIpc) is 2.68. The Morgan fingerprint density at radius 2 is 1.83 bits per heavy atom. The normalized spacial score (nSPS) is 26.2. The molecule has 1 aliphatic heterocycles. The van der Waals surface area contributed by atoms with Crippen LogP contribution in [0.5, 0.6) is 11.5 Å². The van der Waals surface area contributed by atoms with Crippen LogP contribution in [0.1, 0.15) is 50.8 Å². The molecule has 2 aromatic carbocycles. The second kappa shape index (κ2) is 7.23. The summed E-state index contributed by atoms with van der Waals surface area (Å²) in [5.41, 5.74) is 6.25. The minimum Gasteiger partial charge on any atom is -0.507 e. The fourth-order valence-electron chi connectivity index (χ4n) is 3.81. The minimum atomic E-state index is -0.775. The van der Waals surface area contributed by atoms with Crippen LogP contribution in [0.3, 0.4) is 0 Å². The number of phenolic OH excluding ortho intramolecular Hbond substituents is 2. The van der Waals surface area contributed by atoms with E-state index < -0.39 is 36.1 Å². The van der Waals surface area contributed by atoms with Crippen molar-refractivity contribution < 1.29 is 34.4 Å². The number of carbonyl (C=O) groups is 2. The van der Waals surface area contributed by atoms with Crippen LogP contribution in [0.25, 0.3) is 0 Å². The number of nitrogens with two attached hydrogens (primary N) is 1. The van der Waals surface area contributed by atoms with Crippen molar-refractivity contribution in [2.75, 3.05) is 0 Å². The van der Waals surface area contributed by atoms with Crippen molar-refractivity contribution in [2.24, 2.45) is 5.73 Å². The molecular formula is C21H21NO7. The first-order valence-electron chi connectivity index (χ1n) is 9.26. The van der Waals surface area contributed by atoms with Crippen LogP contribution >= 0.6 is 0 Å². The number of hydrogen-bond donors (Lipinski definition) is 4. The van der Waals surface area contributed by atoms with Gasteiger partial charge < -0.3 is 30.5 Å². The number of ether oxygens (including phenoxy) is 2. The monoisotopic (exact) mass is 399 g/mol. The fourth-order valence-corrected chi connectivity index (χ4v) is 3.81. The van der Waals surface area contributed by atoms with E-state index in [-0.39, 0.29) is 40.4 Å². The summed E-state index contributed by atoms with van der Waals surface area (Å²) in [6, 6.07) is 6.61. The van der Waals surface area contributed by atoms with Gasteiger partial charge in [-0.1, -0.05) is 12.1 Å². The largest absolute Gasteiger partial charge is 0.507 e. The summed E-state index contributed by atoms with van der Waals surface area (Å²) in [6.45, 7) is 1.71. The zero-order valence-electron chi connectivity index (χ0n) is 15.7. The molecule has 4 atom stereocenters. The molecule has 1 saturated heterocycles. The molecule has 1 aliphatic carbocycles. The van der Waals surface area contributed by atoms with Crippen LogP contribution in [0, 0.1) is 0 Å². The third-order valence-electron chi connectivity index (χ3n) is 5.35. The van der Waals surface area contributed by atoms with Crippen molar-refractivity contribution in [2.45, 2.75) is 44.5 Å². The first-order chi connectivity index (χ1) is 13.8. The first kappa shape index (κ1) is 19.5. The van der Waals surface area contributed by atoms with Gasteiger partial charge in [0.05, 0.1) is 29.9 Å². The van der Waals surface area contributed by atoms with E-state index in [0.29, 0.717) is 12.0 Å². The molecule has 8 nitrogen and oxygen atoms in total. The number of aliphatic hydroxyl groups excluding tert-OH is 1. The van der Waals surface area contributed by atoms with E-state index >= 15 is 0 Å². The summed E-state index contributed by atoms with van der Waals surface area (Å²) in [4.78, 5) is 25.6. The van der Waals surface area contributed by atoms with Gasteiger partial charge in [-0.05, 0) is 30.7 Å². The zero-order chi connectivity index (χ0) is 20.9. The summed E-state index contributed by atoms with van der Waals surface area (Å²) < 4.78 is 11.3. The van der Waals surface area contributed by atoms with E-state index in [1.54, 1.807) is 6.92 Å². The van der Waals surface area contributed by atoms with E-state index in [1.807, 2.05) is 0 Å². The maximum Gasteiger partial charge on any atom is 0.201 e. The predicted molar refractivity (Wildman–Crippen MR) is 101 cm³/mol. The lowest BCUT2D eigenvalue weighted by Gasteiger charge is -2.35. The Balaban J connectivity index is 1.60. The zero-order valence-corrected chi connectivity index (χ0v) is 15.7. The minimum absolute atomic E-state index is 0.00933. The molecule has 0 bridgehead atoms. The number of benzene rings is 2. The SMILES string of the molecule is C[C@@H]1O[C@@H](OCc2cc(O)c3c(c2)C(=O)c2cccc(O)c2C3=O)C[C@H](N)[C@H]1O. The van der Waals surface area contributed by atoms with Crippen molar-refractivity contribution >= 4 is 11.6 Å². The van der Waals surface area contributed by atoms with Gasteiger partial charge in [-0.3, -0.25) is 9.59 Å². The van der Waals surface area contributed by atoms with Gasteiger partial charge in [-0.15, -0.1) is 0 Å². The number of rotatable bonds is 3. The summed E-state index contributed by atoms with van der Waals surface area (Å²) in [5, 5.41) is 30.2. The van der Waals surface area contributed by atoms with Gasteiger partial charge in [-0.2, -0.15) is 0 Å². The molecule has 29 heavy (non-hydrogen) atoms. The van der Waals surface area contributed by atoms with Gasteiger partial charge in [0.15, 0.2) is 12.1 Å². The van der Waals surface area contributed by atoms with Gasteiger partial charge in [-0.25, -0.2) is 0 Å². The Hall–Kier alpha value is -2.78. The molecule has 0 spiro atoms. The van der Waals surface area contributed by atoms with Crippen LogP contribution in [-0.2, 0) is 16.1 Å². The highest BCUT2D eigenvalue weighted by molar-refractivity contribution is 6.30. The van der Waals surface area contributed by atoms with Crippen LogP contribution in [0.4, 0.5) is 0 Å². The lowest BCUT2D eigenvalue weighted by molar-refractivity contribution is -0.226. The standard InChI is InChI=1S/C21H21NO7/c1-9-19(25)13(22)7-16(29-9)28-8-10-5-12-18(15(24)6-10)21(27)17-11(20(12)26)3-2-4-14(17)23/h2-6,9,13,16,19,23-25H,7-8,22H2,1H3/t9-,13-,16+,19-/m0/s1. The maximum absolute atomic E-state index is 12.9. The number of aromatic hydroxyl groups is 2. The van der Waals surface area contributed by atoms with Crippen molar-refractivity contribution in [1.82, 2.24) is 0 Å². The molecule has 8 heteroatoms. The highest BCUT2D eigenvalue weighted by Gasteiger charge is 2.35. The molecule has 1 heterocycles. The van der Waals surface area contributed by atoms with E-state index in [2.05, 4.69) is 0 Å². The third kappa shape index (κ3) is 3.30. The molecule has 5 N–H and O–H groups in total. The van der Waals surface area contributed by atoms with Crippen molar-refractivity contribution in [1.29, 1.82) is 0 Å². The molecule has 2 aliphatic rings. The van der Waals surface area contributed by atoms with E-state index in [4.69, 9.17) is 15.2 Å². The topological polar surface area (TPSA) is 139 Å². The Morgan fingerprint density at radius 3 is 2.55 bits per heavy atom. The Bertz CT molecular complexity index is 991. The van der Waals surface area contributed by atoms with Crippen LogP contribution < -0.4 is 5.73 Å². The number of aliphatic hydroxyl groups is 1. The molecule has 152 valence electrons. The van der Waals surface area contributed by atoms with Gasteiger partial charge >= 0.3 is 0 Å². The molecule has 0 amide bonds. The molecule has 0 unspecified atom stereocenters. The van der Waals surface area contributed by atoms with E-state index in [1.165, 1.54) is 30.3 Å². The highest BCUT2D eigenvalue weighted by Crippen LogP contribution is 2.37. The lowest BCUT2D eigenvalue weighted by atomic mass is 9.82. The summed E-state index contributed by atoms with van der Waals surface area (Å²) in [5.74, 6) is -1.74. The van der Waals surface area contributed by atoms with Crippen molar-refractivity contribution in [3.8, 4) is 11.5 Å². The van der Waals surface area contributed by atoms with Crippen LogP contribution in [0.15, 0.2) is 30.3 Å². The van der Waals surface area contributed by atoms with E-state index in [0.717, 1.165) is 0 Å². The molecule has 2 aromatic rings. The average molecular weight is 399 g/mol. The van der Waals surface area contributed by atoms with Gasteiger partial charge in [0, 0.05) is 23.6 Å². The third-order valence-corrected chi connectivity index (χ3v) is 5.35. The van der Waals surface area contributed by atoms with Gasteiger partial charge in [0.25, 0.3) is 0 Å². The van der Waals surface area contributed by atoms with Crippen LogP contribution in [0.2, 0.25) is 0 Å². The highest BCUT2D eigenvalue weighted by atomic mass is 16.7. The smallest absolute Gasteiger partial charge is 0.201 e. The number of phenols is 2. The van der Waals surface area contributed by atoms with Gasteiger partial charge in [0.2, 0.25) is 5.78 Å². The Labute approximate surface area is 166 Å². The van der Waals surface area contributed by atoms with Gasteiger partial charge in [0.1, 0.15) is 11.5 Å². The number of hydrogen-bond acceptors (Lipinski definition) is 8. The molecule has 4 rings (SSSR count). The van der Waals surface area contributed by atoms with E-state index in [9.17, 15) is 24.9 Å². The lowest BCUT2D eigenvalue weighted by Crippen LogP contribution is -2.51. The van der Waals surface area contributed by atoms with Crippen LogP contribution in [-0.4, -0.2) is 51.4 Å². The number of fused-ring (bicyclic) bond motifs is 2. The number of ketones is 2. The predicted octanol–water partition coefficient (Wildman–Crippen LogP) is 1.21. The Morgan fingerprint density at radius 1 is 1.10 bits per heavy atom.